The summed E-state index contributed by atoms with van der Waals surface area (Å²) in [6, 6.07) is 11.1. The van der Waals surface area contributed by atoms with Crippen LogP contribution in [0.4, 0.5) is 18.9 Å². The normalized spacial score (nSPS) is 16.6. The molecule has 1 saturated heterocycles. The molecule has 1 aliphatic rings. The molecule has 1 fully saturated rings. The Morgan fingerprint density at radius 1 is 1.00 bits per heavy atom. The highest BCUT2D eigenvalue weighted by Crippen LogP contribution is 2.34. The van der Waals surface area contributed by atoms with Gasteiger partial charge in [0.25, 0.3) is 0 Å². The van der Waals surface area contributed by atoms with Gasteiger partial charge >= 0.3 is 6.18 Å². The van der Waals surface area contributed by atoms with Crippen LogP contribution >= 0.6 is 15.9 Å². The van der Waals surface area contributed by atoms with Gasteiger partial charge in [-0.2, -0.15) is 17.5 Å². The Bertz CT molecular complexity index is 1030. The van der Waals surface area contributed by atoms with Crippen LogP contribution in [0.2, 0.25) is 0 Å². The van der Waals surface area contributed by atoms with E-state index >= 15 is 0 Å². The largest absolute Gasteiger partial charge is 0.418 e. The Morgan fingerprint density at radius 2 is 1.68 bits per heavy atom. The van der Waals surface area contributed by atoms with Gasteiger partial charge in [-0.25, -0.2) is 8.42 Å². The summed E-state index contributed by atoms with van der Waals surface area (Å²) in [6.07, 6.45) is -4.07. The average Bonchev–Trinajstić information content (AvgIpc) is 2.94. The van der Waals surface area contributed by atoms with Gasteiger partial charge in [0.05, 0.1) is 22.7 Å². The van der Waals surface area contributed by atoms with Crippen LogP contribution in [0.3, 0.4) is 0 Å². The molecule has 1 N–H and O–H groups in total. The fourth-order valence-electron chi connectivity index (χ4n) is 3.33. The predicted octanol–water partition coefficient (Wildman–Crippen LogP) is 3.80. The highest BCUT2D eigenvalue weighted by atomic mass is 79.9. The Morgan fingerprint density at radius 3 is 2.35 bits per heavy atom. The minimum Gasteiger partial charge on any atom is -0.324 e. The molecule has 1 aliphatic heterocycles. The third-order valence-electron chi connectivity index (χ3n) is 4.87. The summed E-state index contributed by atoms with van der Waals surface area (Å²) in [5.41, 5.74) is -1.21. The first-order valence-corrected chi connectivity index (χ1v) is 11.7. The van der Waals surface area contributed by atoms with E-state index in [0.717, 1.165) is 10.5 Å². The molecule has 0 atom stereocenters. The molecule has 31 heavy (non-hydrogen) atoms. The van der Waals surface area contributed by atoms with Crippen LogP contribution in [0, 0.1) is 0 Å². The van der Waals surface area contributed by atoms with Crippen molar-refractivity contribution < 1.29 is 26.4 Å². The molecule has 0 radical (unpaired) electrons. The van der Waals surface area contributed by atoms with Gasteiger partial charge in [-0.1, -0.05) is 28.1 Å². The van der Waals surface area contributed by atoms with Crippen molar-refractivity contribution in [3.8, 4) is 0 Å². The van der Waals surface area contributed by atoms with Crippen molar-refractivity contribution in [2.45, 2.75) is 17.5 Å². The van der Waals surface area contributed by atoms with E-state index in [9.17, 15) is 26.4 Å². The zero-order chi connectivity index (χ0) is 22.6. The van der Waals surface area contributed by atoms with Crippen LogP contribution in [0.5, 0.6) is 0 Å². The Balaban J connectivity index is 1.62. The lowest BCUT2D eigenvalue weighted by atomic mass is 10.1. The van der Waals surface area contributed by atoms with Gasteiger partial charge in [0, 0.05) is 24.1 Å². The molecule has 0 bridgehead atoms. The van der Waals surface area contributed by atoms with E-state index in [2.05, 4.69) is 21.2 Å². The molecule has 0 unspecified atom stereocenters. The number of rotatable bonds is 5. The number of amides is 1. The third-order valence-corrected chi connectivity index (χ3v) is 7.31. The molecule has 0 saturated carbocycles. The summed E-state index contributed by atoms with van der Waals surface area (Å²) in [4.78, 5) is 14.3. The van der Waals surface area contributed by atoms with Crippen LogP contribution < -0.4 is 5.32 Å². The highest BCUT2D eigenvalue weighted by molar-refractivity contribution is 9.10. The lowest BCUT2D eigenvalue weighted by molar-refractivity contribution is -0.137. The quantitative estimate of drug-likeness (QED) is 0.652. The highest BCUT2D eigenvalue weighted by Gasteiger charge is 2.34. The van der Waals surface area contributed by atoms with Gasteiger partial charge in [-0.3, -0.25) is 9.69 Å². The first-order valence-electron chi connectivity index (χ1n) is 9.51. The van der Waals surface area contributed by atoms with Crippen molar-refractivity contribution in [1.29, 1.82) is 0 Å². The molecule has 3 rings (SSSR count). The van der Waals surface area contributed by atoms with Crippen molar-refractivity contribution in [3.05, 3.63) is 58.6 Å². The number of para-hydroxylation sites is 1. The zero-order valence-electron chi connectivity index (χ0n) is 16.4. The summed E-state index contributed by atoms with van der Waals surface area (Å²) >= 11 is 3.27. The number of anilines is 1. The first kappa shape index (κ1) is 23.7. The fraction of sp³-hybridized carbons (Fsp3) is 0.350. The lowest BCUT2D eigenvalue weighted by Gasteiger charge is -2.22. The number of halogens is 4. The van der Waals surface area contributed by atoms with Gasteiger partial charge in [0.2, 0.25) is 15.9 Å². The zero-order valence-corrected chi connectivity index (χ0v) is 18.8. The summed E-state index contributed by atoms with van der Waals surface area (Å²) in [5.74, 6) is -0.582. The topological polar surface area (TPSA) is 69.7 Å². The molecular weight excluding hydrogens is 499 g/mol. The van der Waals surface area contributed by atoms with E-state index in [-0.39, 0.29) is 23.7 Å². The molecular formula is C20H21BrF3N3O3S. The number of hydrogen-bond donors (Lipinski definition) is 1. The van der Waals surface area contributed by atoms with Crippen LogP contribution in [0.1, 0.15) is 12.0 Å². The molecule has 0 aliphatic carbocycles. The van der Waals surface area contributed by atoms with Crippen LogP contribution in [-0.2, 0) is 21.0 Å². The van der Waals surface area contributed by atoms with Crippen LogP contribution in [0.15, 0.2) is 57.9 Å². The summed E-state index contributed by atoms with van der Waals surface area (Å²) < 4.78 is 67.2. The van der Waals surface area contributed by atoms with Crippen molar-refractivity contribution in [2.75, 3.05) is 38.0 Å². The van der Waals surface area contributed by atoms with Crippen molar-refractivity contribution in [1.82, 2.24) is 9.21 Å². The van der Waals surface area contributed by atoms with E-state index < -0.39 is 27.7 Å². The number of alkyl halides is 3. The maximum Gasteiger partial charge on any atom is 0.418 e. The maximum atomic E-state index is 13.1. The number of carbonyl (C=O) groups excluding carboxylic acids is 1. The molecule has 2 aromatic carbocycles. The molecule has 1 heterocycles. The molecule has 0 aromatic heterocycles. The summed E-state index contributed by atoms with van der Waals surface area (Å²) in [6.45, 7) is 1.11. The number of benzene rings is 2. The minimum absolute atomic E-state index is 0.127. The molecule has 1 amide bonds. The second-order valence-corrected chi connectivity index (χ2v) is 9.93. The second kappa shape index (κ2) is 9.68. The van der Waals surface area contributed by atoms with Gasteiger partial charge in [-0.05, 0) is 49.4 Å². The average molecular weight is 520 g/mol. The lowest BCUT2D eigenvalue weighted by Crippen LogP contribution is -2.38. The van der Waals surface area contributed by atoms with Gasteiger partial charge in [0.1, 0.15) is 0 Å². The number of nitrogens with zero attached hydrogens (tertiary/aromatic N) is 2. The predicted molar refractivity (Wildman–Crippen MR) is 114 cm³/mol. The standard InChI is InChI=1S/C20H21BrF3N3O3S/c21-15-6-8-16(9-7-15)31(29,30)27-11-3-10-26(12-13-27)14-19(28)25-18-5-2-1-4-17(18)20(22,23)24/h1-2,4-9H,3,10-14H2,(H,25,28). The van der Waals surface area contributed by atoms with Crippen molar-refractivity contribution in [2.24, 2.45) is 0 Å². The van der Waals surface area contributed by atoms with E-state index in [1.54, 1.807) is 17.0 Å². The summed E-state index contributed by atoms with van der Waals surface area (Å²) in [5, 5.41) is 2.32. The molecule has 11 heteroatoms. The van der Waals surface area contributed by atoms with E-state index in [0.29, 0.717) is 26.1 Å². The molecule has 168 valence electrons. The first-order chi connectivity index (χ1) is 14.6. The van der Waals surface area contributed by atoms with E-state index in [1.165, 1.54) is 34.6 Å². The third kappa shape index (κ3) is 6.06. The van der Waals surface area contributed by atoms with Gasteiger partial charge < -0.3 is 5.32 Å². The molecule has 6 nitrogen and oxygen atoms in total. The fourth-order valence-corrected chi connectivity index (χ4v) is 5.07. The van der Waals surface area contributed by atoms with Crippen LogP contribution in [0.25, 0.3) is 0 Å². The molecule has 0 spiro atoms. The smallest absolute Gasteiger partial charge is 0.324 e. The van der Waals surface area contributed by atoms with Crippen LogP contribution in [-0.4, -0.2) is 56.3 Å². The Kier molecular flexibility index (Phi) is 7.40. The number of hydrogen-bond acceptors (Lipinski definition) is 4. The van der Waals surface area contributed by atoms with E-state index in [4.69, 9.17) is 0 Å². The van der Waals surface area contributed by atoms with Gasteiger partial charge in [-0.15, -0.1) is 0 Å². The number of sulfonamides is 1. The monoisotopic (exact) mass is 519 g/mol. The van der Waals surface area contributed by atoms with Gasteiger partial charge in [0.15, 0.2) is 0 Å². The number of carbonyl (C=O) groups is 1. The summed E-state index contributed by atoms with van der Waals surface area (Å²) in [7, 11) is -3.66. The number of nitrogens with one attached hydrogen (secondary N) is 1. The SMILES string of the molecule is O=C(CN1CCCN(S(=O)(=O)c2ccc(Br)cc2)CC1)Nc1ccccc1C(F)(F)F. The minimum atomic E-state index is -4.58. The second-order valence-electron chi connectivity index (χ2n) is 7.08. The molecule has 2 aromatic rings. The Labute approximate surface area is 187 Å². The maximum absolute atomic E-state index is 13.1. The van der Waals surface area contributed by atoms with E-state index in [1.807, 2.05) is 0 Å². The Hall–Kier alpha value is -1.95. The van der Waals surface area contributed by atoms with Crippen molar-refractivity contribution >= 4 is 37.5 Å². The van der Waals surface area contributed by atoms with Crippen molar-refractivity contribution in [3.63, 3.8) is 0 Å².